The molecule has 1 fully saturated rings. The lowest BCUT2D eigenvalue weighted by molar-refractivity contribution is -0.127. The zero-order valence-electron chi connectivity index (χ0n) is 14.7. The topological polar surface area (TPSA) is 93.2 Å². The Hall–Kier alpha value is -2.03. The Morgan fingerprint density at radius 3 is 2.81 bits per heavy atom. The minimum Gasteiger partial charge on any atom is -0.364 e. The Bertz CT molecular complexity index is 792. The van der Waals surface area contributed by atoms with Gasteiger partial charge in [-0.1, -0.05) is 48.3 Å². The summed E-state index contributed by atoms with van der Waals surface area (Å²) in [5.74, 6) is -0.485. The Morgan fingerprint density at radius 2 is 2.04 bits per heavy atom. The molecule has 1 saturated carbocycles. The summed E-state index contributed by atoms with van der Waals surface area (Å²) in [5, 5.41) is 14.8. The van der Waals surface area contributed by atoms with Crippen LogP contribution in [0.15, 0.2) is 24.3 Å². The predicted octanol–water partition coefficient (Wildman–Crippen LogP) is 3.41. The van der Waals surface area contributed by atoms with E-state index >= 15 is 0 Å². The predicted molar refractivity (Wildman–Crippen MR) is 104 cm³/mol. The Labute approximate surface area is 166 Å². The molecule has 9 heteroatoms. The highest BCUT2D eigenvalue weighted by atomic mass is 35.5. The first-order chi connectivity index (χ1) is 13.1. The van der Waals surface area contributed by atoms with Gasteiger partial charge in [0.2, 0.25) is 10.9 Å². The van der Waals surface area contributed by atoms with Crippen LogP contribution in [0.1, 0.15) is 46.9 Å². The van der Waals surface area contributed by atoms with Crippen molar-refractivity contribution < 1.29 is 14.3 Å². The molecule has 0 bridgehead atoms. The summed E-state index contributed by atoms with van der Waals surface area (Å²) < 4.78 is 5.40. The summed E-state index contributed by atoms with van der Waals surface area (Å²) in [6.07, 6.45) is 5.64. The van der Waals surface area contributed by atoms with E-state index in [1.54, 1.807) is 24.3 Å². The summed E-state index contributed by atoms with van der Waals surface area (Å²) in [6, 6.07) is 7.12. The summed E-state index contributed by atoms with van der Waals surface area (Å²) in [5.41, 5.74) is 0.583. The molecule has 0 unspecified atom stereocenters. The minimum atomic E-state index is -0.365. The number of rotatable bonds is 7. The first-order valence-corrected chi connectivity index (χ1v) is 10.1. The molecule has 0 radical (unpaired) electrons. The van der Waals surface area contributed by atoms with Crippen LogP contribution < -0.4 is 10.6 Å². The van der Waals surface area contributed by atoms with Gasteiger partial charge < -0.3 is 15.4 Å². The number of benzene rings is 1. The maximum absolute atomic E-state index is 12.2. The van der Waals surface area contributed by atoms with Crippen LogP contribution in [0.4, 0.5) is 5.69 Å². The molecular formula is C18H21ClN4O3S. The van der Waals surface area contributed by atoms with E-state index in [1.165, 1.54) is 6.42 Å². The number of halogens is 1. The van der Waals surface area contributed by atoms with Gasteiger partial charge in [0.25, 0.3) is 5.91 Å². The maximum Gasteiger partial charge on any atom is 0.286 e. The van der Waals surface area contributed by atoms with E-state index < -0.39 is 0 Å². The second-order valence-electron chi connectivity index (χ2n) is 6.36. The van der Waals surface area contributed by atoms with Crippen LogP contribution >= 0.6 is 22.9 Å². The summed E-state index contributed by atoms with van der Waals surface area (Å²) in [7, 11) is 0. The third-order valence-electron chi connectivity index (χ3n) is 4.17. The zero-order valence-corrected chi connectivity index (χ0v) is 16.3. The van der Waals surface area contributed by atoms with E-state index in [2.05, 4.69) is 20.8 Å². The van der Waals surface area contributed by atoms with Gasteiger partial charge in [-0.25, -0.2) is 0 Å². The second-order valence-corrected chi connectivity index (χ2v) is 7.86. The number of hydrogen-bond acceptors (Lipinski definition) is 6. The fourth-order valence-electron chi connectivity index (χ4n) is 2.90. The third kappa shape index (κ3) is 6.27. The highest BCUT2D eigenvalue weighted by Crippen LogP contribution is 2.18. The Morgan fingerprint density at radius 1 is 1.22 bits per heavy atom. The molecule has 144 valence electrons. The second kappa shape index (κ2) is 9.77. The van der Waals surface area contributed by atoms with Crippen molar-refractivity contribution in [3.63, 3.8) is 0 Å². The number of anilines is 1. The van der Waals surface area contributed by atoms with Crippen LogP contribution in [0.5, 0.6) is 0 Å². The third-order valence-corrected chi connectivity index (χ3v) is 5.30. The molecular weight excluding hydrogens is 388 g/mol. The molecule has 0 atom stereocenters. The number of nitrogens with one attached hydrogen (secondary N) is 2. The smallest absolute Gasteiger partial charge is 0.286 e. The van der Waals surface area contributed by atoms with Crippen molar-refractivity contribution in [1.29, 1.82) is 0 Å². The monoisotopic (exact) mass is 408 g/mol. The number of carbonyl (C=O) groups excluding carboxylic acids is 2. The van der Waals surface area contributed by atoms with Crippen LogP contribution in [-0.4, -0.2) is 34.7 Å². The summed E-state index contributed by atoms with van der Waals surface area (Å²) in [6.45, 7) is 0.111. The van der Waals surface area contributed by atoms with Crippen LogP contribution in [-0.2, 0) is 16.1 Å². The zero-order chi connectivity index (χ0) is 19.1. The number of carbonyl (C=O) groups is 2. The number of ether oxygens (including phenoxy) is 1. The van der Waals surface area contributed by atoms with Gasteiger partial charge >= 0.3 is 0 Å². The van der Waals surface area contributed by atoms with Gasteiger partial charge in [0, 0.05) is 16.8 Å². The van der Waals surface area contributed by atoms with Gasteiger partial charge in [-0.05, 0) is 31.0 Å². The number of hydrogen-bond donors (Lipinski definition) is 2. The van der Waals surface area contributed by atoms with E-state index in [0.29, 0.717) is 15.7 Å². The lowest BCUT2D eigenvalue weighted by Crippen LogP contribution is -2.38. The molecule has 0 aliphatic heterocycles. The largest absolute Gasteiger partial charge is 0.364 e. The molecule has 1 aromatic heterocycles. The van der Waals surface area contributed by atoms with Crippen molar-refractivity contribution in [3.05, 3.63) is 39.3 Å². The summed E-state index contributed by atoms with van der Waals surface area (Å²) >= 11 is 7.02. The van der Waals surface area contributed by atoms with E-state index in [1.807, 2.05) is 0 Å². The maximum atomic E-state index is 12.2. The number of amides is 2. The van der Waals surface area contributed by atoms with E-state index in [0.717, 1.165) is 37.0 Å². The van der Waals surface area contributed by atoms with Gasteiger partial charge in [-0.2, -0.15) is 0 Å². The number of nitrogens with zero attached hydrogens (tertiary/aromatic N) is 2. The molecule has 1 aromatic carbocycles. The number of aromatic nitrogens is 2. The van der Waals surface area contributed by atoms with Crippen molar-refractivity contribution in [3.8, 4) is 0 Å². The standard InChI is InChI=1S/C18H21ClN4O3S/c19-12-5-4-8-14(9-12)21-17(25)18-23-22-16(27-18)11-26-10-15(24)20-13-6-2-1-3-7-13/h4-5,8-9,13H,1-3,6-7,10-11H2,(H,20,24)(H,21,25). The average molecular weight is 409 g/mol. The lowest BCUT2D eigenvalue weighted by Gasteiger charge is -2.22. The first kappa shape index (κ1) is 19.7. The van der Waals surface area contributed by atoms with Gasteiger partial charge in [-0.3, -0.25) is 9.59 Å². The Kier molecular flexibility index (Phi) is 7.14. The van der Waals surface area contributed by atoms with Crippen molar-refractivity contribution in [2.24, 2.45) is 0 Å². The van der Waals surface area contributed by atoms with E-state index in [4.69, 9.17) is 16.3 Å². The SMILES string of the molecule is O=C(COCc1nnc(C(=O)Nc2cccc(Cl)c2)s1)NC1CCCCC1. The highest BCUT2D eigenvalue weighted by Gasteiger charge is 2.16. The Balaban J connectivity index is 1.42. The molecule has 2 N–H and O–H groups in total. The quantitative estimate of drug-likeness (QED) is 0.732. The summed E-state index contributed by atoms with van der Waals surface area (Å²) in [4.78, 5) is 24.1. The highest BCUT2D eigenvalue weighted by molar-refractivity contribution is 7.13. The minimum absolute atomic E-state index is 0.0277. The molecule has 2 amide bonds. The molecule has 0 saturated heterocycles. The molecule has 7 nitrogen and oxygen atoms in total. The molecule has 1 aliphatic rings. The van der Waals surface area contributed by atoms with Gasteiger partial charge in [0.05, 0.1) is 0 Å². The van der Waals surface area contributed by atoms with Crippen LogP contribution in [0.25, 0.3) is 0 Å². The van der Waals surface area contributed by atoms with Crippen molar-refractivity contribution in [1.82, 2.24) is 15.5 Å². The van der Waals surface area contributed by atoms with E-state index in [9.17, 15) is 9.59 Å². The van der Waals surface area contributed by atoms with Crippen LogP contribution in [0, 0.1) is 0 Å². The molecule has 2 aromatic rings. The van der Waals surface area contributed by atoms with Crippen molar-refractivity contribution >= 4 is 40.4 Å². The van der Waals surface area contributed by atoms with Gasteiger partial charge in [0.15, 0.2) is 0 Å². The van der Waals surface area contributed by atoms with Gasteiger partial charge in [0.1, 0.15) is 18.2 Å². The molecule has 1 aliphatic carbocycles. The molecule has 3 rings (SSSR count). The molecule has 27 heavy (non-hydrogen) atoms. The van der Waals surface area contributed by atoms with Crippen LogP contribution in [0.3, 0.4) is 0 Å². The van der Waals surface area contributed by atoms with Crippen LogP contribution in [0.2, 0.25) is 5.02 Å². The normalized spacial score (nSPS) is 14.7. The van der Waals surface area contributed by atoms with E-state index in [-0.39, 0.29) is 36.1 Å². The van der Waals surface area contributed by atoms with Crippen molar-refractivity contribution in [2.45, 2.75) is 44.8 Å². The fourth-order valence-corrected chi connectivity index (χ4v) is 3.76. The van der Waals surface area contributed by atoms with Gasteiger partial charge in [-0.15, -0.1) is 10.2 Å². The molecule has 1 heterocycles. The first-order valence-electron chi connectivity index (χ1n) is 8.86. The van der Waals surface area contributed by atoms with Crippen molar-refractivity contribution in [2.75, 3.05) is 11.9 Å². The average Bonchev–Trinajstić information content (AvgIpc) is 3.12. The molecule has 0 spiro atoms. The lowest BCUT2D eigenvalue weighted by atomic mass is 9.95. The fraction of sp³-hybridized carbons (Fsp3) is 0.444.